The normalized spacial score (nSPS) is 23.7. The summed E-state index contributed by atoms with van der Waals surface area (Å²) >= 11 is 0. The quantitative estimate of drug-likeness (QED) is 0.913. The number of nitrogens with zero attached hydrogens (tertiary/aromatic N) is 2. The van der Waals surface area contributed by atoms with Crippen LogP contribution >= 0.6 is 0 Å². The first-order chi connectivity index (χ1) is 9.78. The minimum atomic E-state index is -0.160. The molecular weight excluding hydrogens is 253 g/mol. The zero-order valence-corrected chi connectivity index (χ0v) is 12.0. The van der Waals surface area contributed by atoms with Crippen molar-refractivity contribution >= 4 is 5.69 Å². The van der Waals surface area contributed by atoms with Crippen LogP contribution in [0.25, 0.3) is 0 Å². The molecule has 1 atom stereocenters. The molecule has 1 aromatic carbocycles. The molecule has 2 saturated heterocycles. The third-order valence-corrected chi connectivity index (χ3v) is 4.62. The molecule has 4 heteroatoms. The lowest BCUT2D eigenvalue weighted by Crippen LogP contribution is -2.35. The van der Waals surface area contributed by atoms with Gasteiger partial charge in [0.15, 0.2) is 0 Å². The zero-order valence-electron chi connectivity index (χ0n) is 12.0. The average molecular weight is 277 g/mol. The lowest BCUT2D eigenvalue weighted by atomic mass is 10.1. The standard InChI is InChI=1S/C16H24FN3/c17-14-3-4-16(13(11-14)5-7-18)20-10-6-15(12-20)19-8-1-2-9-19/h3-4,11,15H,1-2,5-10,12,18H2. The van der Waals surface area contributed by atoms with Crippen molar-refractivity contribution in [1.29, 1.82) is 0 Å². The minimum absolute atomic E-state index is 0.160. The van der Waals surface area contributed by atoms with Crippen LogP contribution < -0.4 is 10.6 Å². The van der Waals surface area contributed by atoms with E-state index in [0.29, 0.717) is 12.6 Å². The molecule has 0 bridgehead atoms. The van der Waals surface area contributed by atoms with E-state index in [-0.39, 0.29) is 5.82 Å². The van der Waals surface area contributed by atoms with Crippen LogP contribution in [0, 0.1) is 5.82 Å². The fraction of sp³-hybridized carbons (Fsp3) is 0.625. The van der Waals surface area contributed by atoms with Gasteiger partial charge in [-0.15, -0.1) is 0 Å². The summed E-state index contributed by atoms with van der Waals surface area (Å²) in [5.74, 6) is -0.160. The Hall–Kier alpha value is -1.13. The molecule has 2 heterocycles. The second-order valence-electron chi connectivity index (χ2n) is 5.94. The van der Waals surface area contributed by atoms with Crippen molar-refractivity contribution in [2.24, 2.45) is 5.73 Å². The van der Waals surface area contributed by atoms with Gasteiger partial charge in [0, 0.05) is 24.8 Å². The summed E-state index contributed by atoms with van der Waals surface area (Å²) in [5.41, 5.74) is 7.89. The van der Waals surface area contributed by atoms with Crippen LogP contribution in [0.4, 0.5) is 10.1 Å². The lowest BCUT2D eigenvalue weighted by molar-refractivity contribution is 0.260. The van der Waals surface area contributed by atoms with Crippen LogP contribution in [0.2, 0.25) is 0 Å². The molecule has 20 heavy (non-hydrogen) atoms. The Balaban J connectivity index is 1.73. The molecule has 0 saturated carbocycles. The summed E-state index contributed by atoms with van der Waals surface area (Å²) in [5, 5.41) is 0. The fourth-order valence-electron chi connectivity index (χ4n) is 3.58. The first-order valence-corrected chi connectivity index (χ1v) is 7.75. The SMILES string of the molecule is NCCc1cc(F)ccc1N1CCC(N2CCCC2)C1. The molecule has 2 fully saturated rings. The maximum Gasteiger partial charge on any atom is 0.123 e. The second-order valence-corrected chi connectivity index (χ2v) is 5.94. The number of hydrogen-bond donors (Lipinski definition) is 1. The van der Waals surface area contributed by atoms with E-state index in [9.17, 15) is 4.39 Å². The Bertz CT molecular complexity index is 457. The number of anilines is 1. The summed E-state index contributed by atoms with van der Waals surface area (Å²) in [4.78, 5) is 5.03. The maximum atomic E-state index is 13.4. The smallest absolute Gasteiger partial charge is 0.123 e. The molecule has 2 aliphatic heterocycles. The summed E-state index contributed by atoms with van der Waals surface area (Å²) in [6.45, 7) is 5.21. The van der Waals surface area contributed by atoms with Gasteiger partial charge in [-0.3, -0.25) is 4.90 Å². The Morgan fingerprint density at radius 3 is 2.75 bits per heavy atom. The van der Waals surface area contributed by atoms with Gasteiger partial charge in [-0.1, -0.05) is 0 Å². The molecular formula is C16H24FN3. The summed E-state index contributed by atoms with van der Waals surface area (Å²) in [6.07, 6.45) is 4.65. The van der Waals surface area contributed by atoms with Gasteiger partial charge < -0.3 is 10.6 Å². The summed E-state index contributed by atoms with van der Waals surface area (Å²) < 4.78 is 13.4. The number of benzene rings is 1. The van der Waals surface area contributed by atoms with Crippen LogP contribution in [-0.2, 0) is 6.42 Å². The van der Waals surface area contributed by atoms with Crippen molar-refractivity contribution in [1.82, 2.24) is 4.90 Å². The van der Waals surface area contributed by atoms with Crippen molar-refractivity contribution in [2.45, 2.75) is 31.7 Å². The number of nitrogens with two attached hydrogens (primary N) is 1. The van der Waals surface area contributed by atoms with Crippen molar-refractivity contribution in [2.75, 3.05) is 37.6 Å². The van der Waals surface area contributed by atoms with E-state index in [1.165, 1.54) is 38.0 Å². The zero-order chi connectivity index (χ0) is 13.9. The van der Waals surface area contributed by atoms with E-state index in [0.717, 1.165) is 25.1 Å². The van der Waals surface area contributed by atoms with Crippen molar-refractivity contribution < 1.29 is 4.39 Å². The topological polar surface area (TPSA) is 32.5 Å². The van der Waals surface area contributed by atoms with E-state index in [4.69, 9.17) is 5.73 Å². The van der Waals surface area contributed by atoms with Crippen LogP contribution in [0.5, 0.6) is 0 Å². The van der Waals surface area contributed by atoms with Crippen LogP contribution in [0.1, 0.15) is 24.8 Å². The van der Waals surface area contributed by atoms with Crippen molar-refractivity contribution in [3.8, 4) is 0 Å². The van der Waals surface area contributed by atoms with Gasteiger partial charge in [-0.05, 0) is 69.1 Å². The maximum absolute atomic E-state index is 13.4. The average Bonchev–Trinajstić information content (AvgIpc) is 3.10. The minimum Gasteiger partial charge on any atom is -0.370 e. The largest absolute Gasteiger partial charge is 0.370 e. The molecule has 0 spiro atoms. The highest BCUT2D eigenvalue weighted by Crippen LogP contribution is 2.28. The number of hydrogen-bond acceptors (Lipinski definition) is 3. The molecule has 1 unspecified atom stereocenters. The van der Waals surface area contributed by atoms with E-state index in [2.05, 4.69) is 9.80 Å². The molecule has 110 valence electrons. The van der Waals surface area contributed by atoms with Gasteiger partial charge in [-0.25, -0.2) is 4.39 Å². The molecule has 2 aliphatic rings. The van der Waals surface area contributed by atoms with Crippen LogP contribution in [0.15, 0.2) is 18.2 Å². The Labute approximate surface area is 120 Å². The lowest BCUT2D eigenvalue weighted by Gasteiger charge is -2.25. The highest BCUT2D eigenvalue weighted by Gasteiger charge is 2.30. The summed E-state index contributed by atoms with van der Waals surface area (Å²) in [6, 6.07) is 5.81. The third kappa shape index (κ3) is 2.81. The first kappa shape index (κ1) is 13.8. The molecule has 3 rings (SSSR count). The molecule has 3 nitrogen and oxygen atoms in total. The van der Waals surface area contributed by atoms with E-state index < -0.39 is 0 Å². The first-order valence-electron chi connectivity index (χ1n) is 7.75. The molecule has 0 amide bonds. The fourth-order valence-corrected chi connectivity index (χ4v) is 3.58. The van der Waals surface area contributed by atoms with E-state index in [1.54, 1.807) is 12.1 Å². The molecule has 2 N–H and O–H groups in total. The van der Waals surface area contributed by atoms with Crippen LogP contribution in [0.3, 0.4) is 0 Å². The van der Waals surface area contributed by atoms with E-state index >= 15 is 0 Å². The van der Waals surface area contributed by atoms with Gasteiger partial charge in [0.2, 0.25) is 0 Å². The van der Waals surface area contributed by atoms with Crippen LogP contribution in [-0.4, -0.2) is 43.7 Å². The predicted octanol–water partition coefficient (Wildman–Crippen LogP) is 2.00. The predicted molar refractivity (Wildman–Crippen MR) is 80.6 cm³/mol. The Kier molecular flexibility index (Phi) is 4.22. The third-order valence-electron chi connectivity index (χ3n) is 4.62. The van der Waals surface area contributed by atoms with Gasteiger partial charge in [0.05, 0.1) is 0 Å². The summed E-state index contributed by atoms with van der Waals surface area (Å²) in [7, 11) is 0. The van der Waals surface area contributed by atoms with Gasteiger partial charge in [-0.2, -0.15) is 0 Å². The van der Waals surface area contributed by atoms with Gasteiger partial charge in [0.1, 0.15) is 5.82 Å². The Morgan fingerprint density at radius 1 is 1.20 bits per heavy atom. The number of rotatable bonds is 4. The number of halogens is 1. The van der Waals surface area contributed by atoms with Gasteiger partial charge in [0.25, 0.3) is 0 Å². The molecule has 1 aromatic rings. The van der Waals surface area contributed by atoms with Crippen molar-refractivity contribution in [3.05, 3.63) is 29.6 Å². The molecule has 0 aliphatic carbocycles. The Morgan fingerprint density at radius 2 is 2.00 bits per heavy atom. The monoisotopic (exact) mass is 277 g/mol. The second kappa shape index (κ2) is 6.10. The molecule has 0 radical (unpaired) electrons. The highest BCUT2D eigenvalue weighted by molar-refractivity contribution is 5.55. The van der Waals surface area contributed by atoms with Gasteiger partial charge >= 0.3 is 0 Å². The number of likely N-dealkylation sites (tertiary alicyclic amines) is 1. The molecule has 0 aromatic heterocycles. The van der Waals surface area contributed by atoms with E-state index in [1.807, 2.05) is 6.07 Å². The van der Waals surface area contributed by atoms with Crippen molar-refractivity contribution in [3.63, 3.8) is 0 Å². The highest BCUT2D eigenvalue weighted by atomic mass is 19.1.